The lowest BCUT2D eigenvalue weighted by Gasteiger charge is -2.30. The van der Waals surface area contributed by atoms with Crippen molar-refractivity contribution < 1.29 is 4.79 Å². The molecule has 0 aromatic heterocycles. The van der Waals surface area contributed by atoms with Crippen molar-refractivity contribution in [3.63, 3.8) is 0 Å². The van der Waals surface area contributed by atoms with E-state index in [4.69, 9.17) is 0 Å². The third-order valence-corrected chi connectivity index (χ3v) is 4.42. The van der Waals surface area contributed by atoms with Crippen molar-refractivity contribution in [1.82, 2.24) is 4.90 Å². The number of ketones is 1. The maximum atomic E-state index is 12.3. The predicted molar refractivity (Wildman–Crippen MR) is 79.7 cm³/mol. The first-order chi connectivity index (χ1) is 9.08. The van der Waals surface area contributed by atoms with Gasteiger partial charge in [0.1, 0.15) is 0 Å². The van der Waals surface area contributed by atoms with E-state index < -0.39 is 0 Å². The molecule has 0 amide bonds. The average Bonchev–Trinajstić information content (AvgIpc) is 2.42. The molecule has 1 fully saturated rings. The SMILES string of the molecule is Cc1ccc(C(=O)CN(C)C2CCCCC2)cc1C. The summed E-state index contributed by atoms with van der Waals surface area (Å²) in [6.45, 7) is 4.70. The number of likely N-dealkylation sites (N-methyl/N-ethyl adjacent to an activating group) is 1. The first-order valence-corrected chi connectivity index (χ1v) is 7.38. The summed E-state index contributed by atoms with van der Waals surface area (Å²) in [6, 6.07) is 6.62. The van der Waals surface area contributed by atoms with E-state index in [2.05, 4.69) is 25.8 Å². The number of carbonyl (C=O) groups is 1. The minimum atomic E-state index is 0.246. The second-order valence-electron chi connectivity index (χ2n) is 5.93. The van der Waals surface area contributed by atoms with E-state index in [1.54, 1.807) is 0 Å². The summed E-state index contributed by atoms with van der Waals surface area (Å²) in [5, 5.41) is 0. The van der Waals surface area contributed by atoms with Gasteiger partial charge >= 0.3 is 0 Å². The second-order valence-corrected chi connectivity index (χ2v) is 5.93. The van der Waals surface area contributed by atoms with Gasteiger partial charge in [0.25, 0.3) is 0 Å². The number of hydrogen-bond acceptors (Lipinski definition) is 2. The Bertz CT molecular complexity index is 447. The molecule has 1 aromatic carbocycles. The van der Waals surface area contributed by atoms with Crippen LogP contribution in [0.5, 0.6) is 0 Å². The van der Waals surface area contributed by atoms with Crippen LogP contribution in [-0.4, -0.2) is 30.3 Å². The monoisotopic (exact) mass is 259 g/mol. The molecule has 0 aliphatic heterocycles. The molecule has 2 heteroatoms. The lowest BCUT2D eigenvalue weighted by atomic mass is 9.94. The van der Waals surface area contributed by atoms with E-state index in [-0.39, 0.29) is 5.78 Å². The fourth-order valence-corrected chi connectivity index (χ4v) is 2.88. The van der Waals surface area contributed by atoms with Crippen LogP contribution in [0.4, 0.5) is 0 Å². The van der Waals surface area contributed by atoms with Crippen molar-refractivity contribution in [2.45, 2.75) is 52.0 Å². The Hall–Kier alpha value is -1.15. The Morgan fingerprint density at radius 2 is 1.84 bits per heavy atom. The maximum Gasteiger partial charge on any atom is 0.176 e. The minimum Gasteiger partial charge on any atom is -0.296 e. The highest BCUT2D eigenvalue weighted by Gasteiger charge is 2.20. The molecular formula is C17H25NO. The summed E-state index contributed by atoms with van der Waals surface area (Å²) in [5.74, 6) is 0.246. The van der Waals surface area contributed by atoms with E-state index in [0.717, 1.165) is 5.56 Å². The number of rotatable bonds is 4. The number of nitrogens with zero attached hydrogens (tertiary/aromatic N) is 1. The van der Waals surface area contributed by atoms with Crippen LogP contribution in [0.2, 0.25) is 0 Å². The molecule has 0 atom stereocenters. The molecule has 0 unspecified atom stereocenters. The molecule has 0 bridgehead atoms. The van der Waals surface area contributed by atoms with Crippen LogP contribution in [-0.2, 0) is 0 Å². The van der Waals surface area contributed by atoms with E-state index in [9.17, 15) is 4.79 Å². The van der Waals surface area contributed by atoms with E-state index in [1.807, 2.05) is 18.2 Å². The summed E-state index contributed by atoms with van der Waals surface area (Å²) in [5.41, 5.74) is 3.30. The Balaban J connectivity index is 1.97. The van der Waals surface area contributed by atoms with E-state index in [1.165, 1.54) is 43.2 Å². The van der Waals surface area contributed by atoms with Crippen molar-refractivity contribution in [2.24, 2.45) is 0 Å². The van der Waals surface area contributed by atoms with Crippen molar-refractivity contribution in [1.29, 1.82) is 0 Å². The van der Waals surface area contributed by atoms with Crippen molar-refractivity contribution in [2.75, 3.05) is 13.6 Å². The molecule has 19 heavy (non-hydrogen) atoms. The number of carbonyl (C=O) groups excluding carboxylic acids is 1. The Kier molecular flexibility index (Phi) is 4.76. The molecule has 0 heterocycles. The topological polar surface area (TPSA) is 20.3 Å². The molecule has 0 N–H and O–H groups in total. The molecule has 0 spiro atoms. The summed E-state index contributed by atoms with van der Waals surface area (Å²) >= 11 is 0. The van der Waals surface area contributed by atoms with Crippen LogP contribution in [0, 0.1) is 13.8 Å². The van der Waals surface area contributed by atoms with Gasteiger partial charge in [0.2, 0.25) is 0 Å². The standard InChI is InChI=1S/C17H25NO/c1-13-9-10-15(11-14(13)2)17(19)12-18(3)16-7-5-4-6-8-16/h9-11,16H,4-8,12H2,1-3H3. The van der Waals surface area contributed by atoms with Gasteiger partial charge in [0, 0.05) is 11.6 Å². The van der Waals surface area contributed by atoms with Gasteiger partial charge in [-0.15, -0.1) is 0 Å². The third-order valence-electron chi connectivity index (χ3n) is 4.42. The maximum absolute atomic E-state index is 12.3. The Labute approximate surface area is 116 Å². The van der Waals surface area contributed by atoms with Crippen LogP contribution in [0.1, 0.15) is 53.6 Å². The fourth-order valence-electron chi connectivity index (χ4n) is 2.88. The highest BCUT2D eigenvalue weighted by Crippen LogP contribution is 2.22. The zero-order valence-electron chi connectivity index (χ0n) is 12.4. The molecule has 1 aliphatic carbocycles. The Morgan fingerprint density at radius 3 is 2.47 bits per heavy atom. The smallest absolute Gasteiger partial charge is 0.176 e. The van der Waals surface area contributed by atoms with E-state index >= 15 is 0 Å². The van der Waals surface area contributed by atoms with Gasteiger partial charge in [0.05, 0.1) is 6.54 Å². The first-order valence-electron chi connectivity index (χ1n) is 7.38. The molecule has 0 radical (unpaired) electrons. The van der Waals surface area contributed by atoms with E-state index in [0.29, 0.717) is 12.6 Å². The summed E-state index contributed by atoms with van der Waals surface area (Å²) in [6.07, 6.45) is 6.47. The zero-order chi connectivity index (χ0) is 13.8. The first kappa shape index (κ1) is 14.3. The van der Waals surface area contributed by atoms with Crippen LogP contribution in [0.3, 0.4) is 0 Å². The van der Waals surface area contributed by atoms with Crippen LogP contribution >= 0.6 is 0 Å². The van der Waals surface area contributed by atoms with Gasteiger partial charge in [-0.25, -0.2) is 0 Å². The zero-order valence-corrected chi connectivity index (χ0v) is 12.4. The summed E-state index contributed by atoms with van der Waals surface area (Å²) in [7, 11) is 2.09. The fraction of sp³-hybridized carbons (Fsp3) is 0.588. The molecule has 1 aromatic rings. The van der Waals surface area contributed by atoms with Gasteiger partial charge in [0.15, 0.2) is 5.78 Å². The van der Waals surface area contributed by atoms with Crippen LogP contribution in [0.15, 0.2) is 18.2 Å². The largest absolute Gasteiger partial charge is 0.296 e. The predicted octanol–water partition coefficient (Wildman–Crippen LogP) is 3.75. The number of hydrogen-bond donors (Lipinski definition) is 0. The second kappa shape index (κ2) is 6.33. The molecule has 0 saturated heterocycles. The lowest BCUT2D eigenvalue weighted by molar-refractivity contribution is 0.0899. The average molecular weight is 259 g/mol. The molecule has 2 rings (SSSR count). The van der Waals surface area contributed by atoms with Crippen molar-refractivity contribution in [3.05, 3.63) is 34.9 Å². The molecular weight excluding hydrogens is 234 g/mol. The third kappa shape index (κ3) is 3.66. The van der Waals surface area contributed by atoms with Gasteiger partial charge in [-0.2, -0.15) is 0 Å². The van der Waals surface area contributed by atoms with Gasteiger partial charge in [-0.1, -0.05) is 31.4 Å². The van der Waals surface area contributed by atoms with Crippen LogP contribution in [0.25, 0.3) is 0 Å². The number of aryl methyl sites for hydroxylation is 2. The van der Waals surface area contributed by atoms with Crippen molar-refractivity contribution >= 4 is 5.78 Å². The van der Waals surface area contributed by atoms with Crippen LogP contribution < -0.4 is 0 Å². The van der Waals surface area contributed by atoms with Crippen molar-refractivity contribution in [3.8, 4) is 0 Å². The molecule has 2 nitrogen and oxygen atoms in total. The normalized spacial score (nSPS) is 16.8. The van der Waals surface area contributed by atoms with Gasteiger partial charge < -0.3 is 0 Å². The van der Waals surface area contributed by atoms with Gasteiger partial charge in [-0.05, 0) is 50.9 Å². The number of benzene rings is 1. The Morgan fingerprint density at radius 1 is 1.16 bits per heavy atom. The van der Waals surface area contributed by atoms with Gasteiger partial charge in [-0.3, -0.25) is 9.69 Å². The quantitative estimate of drug-likeness (QED) is 0.768. The lowest BCUT2D eigenvalue weighted by Crippen LogP contribution is -2.37. The molecule has 1 aliphatic rings. The molecule has 1 saturated carbocycles. The minimum absolute atomic E-state index is 0.246. The highest BCUT2D eigenvalue weighted by atomic mass is 16.1. The number of Topliss-reactive ketones (excluding diaryl/α,β-unsaturated/α-hetero) is 1. The summed E-state index contributed by atoms with van der Waals surface area (Å²) in [4.78, 5) is 14.6. The highest BCUT2D eigenvalue weighted by molar-refractivity contribution is 5.97. The summed E-state index contributed by atoms with van der Waals surface area (Å²) < 4.78 is 0. The molecule has 104 valence electrons.